The Labute approximate surface area is 158 Å². The van der Waals surface area contributed by atoms with Crippen LogP contribution in [-0.2, 0) is 13.1 Å². The van der Waals surface area contributed by atoms with Crippen LogP contribution in [0.1, 0.15) is 29.8 Å². The molecular formula is C20H25N3O2S. The van der Waals surface area contributed by atoms with Gasteiger partial charge in [-0.25, -0.2) is 4.98 Å². The van der Waals surface area contributed by atoms with Crippen LogP contribution in [0.4, 0.5) is 0 Å². The van der Waals surface area contributed by atoms with Crippen molar-refractivity contribution in [3.05, 3.63) is 40.3 Å². The molecule has 5 nitrogen and oxygen atoms in total. The highest BCUT2D eigenvalue weighted by molar-refractivity contribution is 7.09. The second-order valence-corrected chi connectivity index (χ2v) is 8.87. The van der Waals surface area contributed by atoms with Crippen LogP contribution in [0.3, 0.4) is 0 Å². The molecule has 6 heteroatoms. The SMILES string of the molecule is c1csc(CN2CCC[C@]3(CCN(Cc4ccc5c(c4)OCO5)C3)C2)n1. The zero-order valence-corrected chi connectivity index (χ0v) is 15.8. The number of nitrogens with zero attached hydrogens (tertiary/aromatic N) is 3. The summed E-state index contributed by atoms with van der Waals surface area (Å²) in [5.74, 6) is 1.76. The van der Waals surface area contributed by atoms with E-state index in [0.29, 0.717) is 12.2 Å². The Kier molecular flexibility index (Phi) is 4.35. The summed E-state index contributed by atoms with van der Waals surface area (Å²) >= 11 is 1.77. The lowest BCUT2D eigenvalue weighted by molar-refractivity contribution is 0.0865. The number of aromatic nitrogens is 1. The summed E-state index contributed by atoms with van der Waals surface area (Å²) < 4.78 is 10.9. The minimum Gasteiger partial charge on any atom is -0.454 e. The van der Waals surface area contributed by atoms with Gasteiger partial charge in [-0.3, -0.25) is 9.80 Å². The number of hydrogen-bond acceptors (Lipinski definition) is 6. The van der Waals surface area contributed by atoms with Crippen molar-refractivity contribution in [2.24, 2.45) is 5.41 Å². The highest BCUT2D eigenvalue weighted by Gasteiger charge is 2.41. The number of piperidine rings is 1. The van der Waals surface area contributed by atoms with Gasteiger partial charge in [0.2, 0.25) is 6.79 Å². The Morgan fingerprint density at radius 1 is 1.04 bits per heavy atom. The Balaban J connectivity index is 1.22. The van der Waals surface area contributed by atoms with Gasteiger partial charge in [-0.1, -0.05) is 6.07 Å². The van der Waals surface area contributed by atoms with Crippen LogP contribution in [0.5, 0.6) is 11.5 Å². The number of thiazole rings is 1. The van der Waals surface area contributed by atoms with Crippen molar-refractivity contribution in [3.8, 4) is 11.5 Å². The molecule has 0 bridgehead atoms. The molecule has 3 aliphatic heterocycles. The molecule has 0 saturated carbocycles. The van der Waals surface area contributed by atoms with Crippen LogP contribution in [0.15, 0.2) is 29.8 Å². The standard InChI is InChI=1S/C20H25N3O2S/c1-4-20(13-22(7-1)12-19-21-6-9-26-19)5-8-23(14-20)11-16-2-3-17-18(10-16)25-15-24-17/h2-3,6,9-10H,1,4-5,7-8,11-15H2/t20-/m0/s1. The summed E-state index contributed by atoms with van der Waals surface area (Å²) in [7, 11) is 0. The maximum Gasteiger partial charge on any atom is 0.231 e. The molecule has 1 aromatic carbocycles. The number of hydrogen-bond donors (Lipinski definition) is 0. The third kappa shape index (κ3) is 3.33. The first-order valence-electron chi connectivity index (χ1n) is 9.50. The molecule has 1 spiro atoms. The van der Waals surface area contributed by atoms with E-state index in [0.717, 1.165) is 24.6 Å². The highest BCUT2D eigenvalue weighted by atomic mass is 32.1. The molecule has 2 aromatic rings. The van der Waals surface area contributed by atoms with Crippen LogP contribution >= 0.6 is 11.3 Å². The minimum atomic E-state index is 0.348. The number of benzene rings is 1. The molecule has 0 radical (unpaired) electrons. The van der Waals surface area contributed by atoms with E-state index >= 15 is 0 Å². The molecule has 0 aliphatic carbocycles. The largest absolute Gasteiger partial charge is 0.454 e. The van der Waals surface area contributed by atoms with Gasteiger partial charge in [0.05, 0.1) is 6.54 Å². The van der Waals surface area contributed by atoms with E-state index < -0.39 is 0 Å². The van der Waals surface area contributed by atoms with Crippen molar-refractivity contribution in [3.63, 3.8) is 0 Å². The fourth-order valence-corrected chi connectivity index (χ4v) is 5.42. The lowest BCUT2D eigenvalue weighted by atomic mass is 9.79. The van der Waals surface area contributed by atoms with Crippen LogP contribution < -0.4 is 9.47 Å². The van der Waals surface area contributed by atoms with Crippen molar-refractivity contribution < 1.29 is 9.47 Å². The second-order valence-electron chi connectivity index (χ2n) is 7.89. The lowest BCUT2D eigenvalue weighted by Gasteiger charge is -2.40. The topological polar surface area (TPSA) is 37.8 Å². The number of rotatable bonds is 4. The van der Waals surface area contributed by atoms with Gasteiger partial charge >= 0.3 is 0 Å². The molecule has 0 amide bonds. The predicted molar refractivity (Wildman–Crippen MR) is 102 cm³/mol. The molecule has 2 fully saturated rings. The molecule has 1 atom stereocenters. The Hall–Kier alpha value is -1.63. The van der Waals surface area contributed by atoms with Gasteiger partial charge in [0, 0.05) is 31.2 Å². The predicted octanol–water partition coefficient (Wildman–Crippen LogP) is 3.36. The molecule has 4 heterocycles. The van der Waals surface area contributed by atoms with Crippen molar-refractivity contribution in [1.82, 2.24) is 14.8 Å². The average Bonchev–Trinajstić information content (AvgIpc) is 3.37. The molecule has 5 rings (SSSR count). The molecule has 138 valence electrons. The fraction of sp³-hybridized carbons (Fsp3) is 0.550. The van der Waals surface area contributed by atoms with E-state index in [1.807, 2.05) is 12.3 Å². The van der Waals surface area contributed by atoms with Gasteiger partial charge in [0.1, 0.15) is 5.01 Å². The number of fused-ring (bicyclic) bond motifs is 1. The van der Waals surface area contributed by atoms with E-state index in [2.05, 4.69) is 32.3 Å². The zero-order chi connectivity index (χ0) is 17.4. The molecule has 1 aromatic heterocycles. The summed E-state index contributed by atoms with van der Waals surface area (Å²) in [6.45, 7) is 7.19. The monoisotopic (exact) mass is 371 g/mol. The second kappa shape index (κ2) is 6.83. The first kappa shape index (κ1) is 16.5. The minimum absolute atomic E-state index is 0.348. The van der Waals surface area contributed by atoms with Gasteiger partial charge in [-0.15, -0.1) is 11.3 Å². The Bertz CT molecular complexity index is 766. The third-order valence-corrected chi connectivity index (χ3v) is 6.71. The van der Waals surface area contributed by atoms with Crippen LogP contribution in [0, 0.1) is 5.41 Å². The summed E-state index contributed by atoms with van der Waals surface area (Å²) in [6.07, 6.45) is 5.90. The third-order valence-electron chi connectivity index (χ3n) is 5.94. The van der Waals surface area contributed by atoms with E-state index in [1.54, 1.807) is 11.3 Å². The van der Waals surface area contributed by atoms with Gasteiger partial charge < -0.3 is 9.47 Å². The van der Waals surface area contributed by atoms with Crippen molar-refractivity contribution in [2.75, 3.05) is 33.0 Å². The Morgan fingerprint density at radius 2 is 1.92 bits per heavy atom. The Morgan fingerprint density at radius 3 is 2.81 bits per heavy atom. The van der Waals surface area contributed by atoms with Gasteiger partial charge in [-0.05, 0) is 55.5 Å². The van der Waals surface area contributed by atoms with Crippen LogP contribution in [0.25, 0.3) is 0 Å². The molecule has 3 aliphatic rings. The normalized spacial score (nSPS) is 26.0. The quantitative estimate of drug-likeness (QED) is 0.824. The van der Waals surface area contributed by atoms with Gasteiger partial charge in [0.15, 0.2) is 11.5 Å². The van der Waals surface area contributed by atoms with Crippen molar-refractivity contribution in [1.29, 1.82) is 0 Å². The average molecular weight is 372 g/mol. The van der Waals surface area contributed by atoms with Gasteiger partial charge in [-0.2, -0.15) is 0 Å². The van der Waals surface area contributed by atoms with Crippen molar-refractivity contribution >= 4 is 11.3 Å². The molecule has 26 heavy (non-hydrogen) atoms. The number of likely N-dealkylation sites (tertiary alicyclic amines) is 2. The van der Waals surface area contributed by atoms with Gasteiger partial charge in [0.25, 0.3) is 0 Å². The number of ether oxygens (including phenoxy) is 2. The maximum atomic E-state index is 5.53. The van der Waals surface area contributed by atoms with Crippen LogP contribution in [0.2, 0.25) is 0 Å². The smallest absolute Gasteiger partial charge is 0.231 e. The molecule has 2 saturated heterocycles. The highest BCUT2D eigenvalue weighted by Crippen LogP contribution is 2.40. The van der Waals surface area contributed by atoms with E-state index in [-0.39, 0.29) is 0 Å². The maximum absolute atomic E-state index is 5.53. The molecular weight excluding hydrogens is 346 g/mol. The lowest BCUT2D eigenvalue weighted by Crippen LogP contribution is -2.44. The zero-order valence-electron chi connectivity index (χ0n) is 15.0. The van der Waals surface area contributed by atoms with Crippen molar-refractivity contribution in [2.45, 2.75) is 32.4 Å². The molecule has 0 N–H and O–H groups in total. The summed E-state index contributed by atoms with van der Waals surface area (Å²) in [5.41, 5.74) is 1.79. The van der Waals surface area contributed by atoms with E-state index in [1.165, 1.54) is 56.0 Å². The summed E-state index contributed by atoms with van der Waals surface area (Å²) in [4.78, 5) is 9.70. The summed E-state index contributed by atoms with van der Waals surface area (Å²) in [6, 6.07) is 6.36. The first-order valence-corrected chi connectivity index (χ1v) is 10.4. The summed E-state index contributed by atoms with van der Waals surface area (Å²) in [5, 5.41) is 3.33. The molecule has 0 unspecified atom stereocenters. The van der Waals surface area contributed by atoms with E-state index in [9.17, 15) is 0 Å². The van der Waals surface area contributed by atoms with E-state index in [4.69, 9.17) is 9.47 Å². The van der Waals surface area contributed by atoms with Crippen LogP contribution in [-0.4, -0.2) is 47.8 Å². The first-order chi connectivity index (χ1) is 12.8. The fourth-order valence-electron chi connectivity index (χ4n) is 4.76.